The molecule has 112 valence electrons. The monoisotopic (exact) mass is 307 g/mol. The van der Waals surface area contributed by atoms with Crippen molar-refractivity contribution in [2.45, 2.75) is 12.5 Å². The number of carbonyl (C=O) groups excluding carboxylic acids is 2. The van der Waals surface area contributed by atoms with Crippen molar-refractivity contribution in [1.29, 1.82) is 5.26 Å². The molecule has 1 aromatic carbocycles. The van der Waals surface area contributed by atoms with Crippen molar-refractivity contribution in [3.8, 4) is 6.07 Å². The zero-order valence-electron chi connectivity index (χ0n) is 11.7. The molecule has 1 amide bonds. The quantitative estimate of drug-likeness (QED) is 0.577. The van der Waals surface area contributed by atoms with Crippen LogP contribution < -0.4 is 11.1 Å². The number of benzene rings is 1. The van der Waals surface area contributed by atoms with Gasteiger partial charge in [0.25, 0.3) is 0 Å². The number of carbonyl (C=O) groups is 2. The highest BCUT2D eigenvalue weighted by atomic mass is 32.2. The molecule has 1 unspecified atom stereocenters. The zero-order chi connectivity index (χ0) is 15.7. The predicted octanol–water partition coefficient (Wildman–Crippen LogP) is 1.12. The Labute approximate surface area is 127 Å². The minimum Gasteiger partial charge on any atom is -0.468 e. The third kappa shape index (κ3) is 5.85. The van der Waals surface area contributed by atoms with Crippen molar-refractivity contribution in [2.24, 2.45) is 5.73 Å². The molecule has 0 aromatic heterocycles. The van der Waals surface area contributed by atoms with Gasteiger partial charge in [0.15, 0.2) is 0 Å². The molecule has 7 heteroatoms. The number of nitrogens with zero attached hydrogens (tertiary/aromatic N) is 1. The number of nitrogens with one attached hydrogen (secondary N) is 1. The molecular weight excluding hydrogens is 290 g/mol. The smallest absolute Gasteiger partial charge is 0.322 e. The molecule has 0 radical (unpaired) electrons. The van der Waals surface area contributed by atoms with E-state index in [1.165, 1.54) is 18.9 Å². The molecule has 0 saturated heterocycles. The third-order valence-corrected chi connectivity index (χ3v) is 3.62. The van der Waals surface area contributed by atoms with Gasteiger partial charge >= 0.3 is 5.97 Å². The SMILES string of the molecule is COC(=O)C(N)CCSCC(=O)Nc1ccccc1C#N. The second-order valence-corrected chi connectivity index (χ2v) is 5.28. The number of nitriles is 1. The molecule has 1 rings (SSSR count). The van der Waals surface area contributed by atoms with E-state index < -0.39 is 12.0 Å². The van der Waals surface area contributed by atoms with E-state index in [1.54, 1.807) is 24.3 Å². The van der Waals surface area contributed by atoms with E-state index >= 15 is 0 Å². The van der Waals surface area contributed by atoms with E-state index in [2.05, 4.69) is 10.1 Å². The van der Waals surface area contributed by atoms with E-state index in [9.17, 15) is 9.59 Å². The van der Waals surface area contributed by atoms with Crippen LogP contribution in [0.4, 0.5) is 5.69 Å². The normalized spacial score (nSPS) is 11.3. The van der Waals surface area contributed by atoms with Crippen molar-refractivity contribution in [3.63, 3.8) is 0 Å². The van der Waals surface area contributed by atoms with Crippen LogP contribution in [0.5, 0.6) is 0 Å². The maximum Gasteiger partial charge on any atom is 0.322 e. The first-order valence-corrected chi connectivity index (χ1v) is 7.44. The Kier molecular flexibility index (Phi) is 7.29. The van der Waals surface area contributed by atoms with Crippen LogP contribution in [0.15, 0.2) is 24.3 Å². The van der Waals surface area contributed by atoms with Gasteiger partial charge in [0.05, 0.1) is 24.1 Å². The Bertz CT molecular complexity index is 543. The number of esters is 1. The van der Waals surface area contributed by atoms with Crippen LogP contribution in [0.1, 0.15) is 12.0 Å². The van der Waals surface area contributed by atoms with Gasteiger partial charge in [-0.3, -0.25) is 9.59 Å². The number of ether oxygens (including phenoxy) is 1. The van der Waals surface area contributed by atoms with Crippen molar-refractivity contribution in [2.75, 3.05) is 23.9 Å². The lowest BCUT2D eigenvalue weighted by atomic mass is 10.2. The van der Waals surface area contributed by atoms with Gasteiger partial charge in [-0.2, -0.15) is 17.0 Å². The summed E-state index contributed by atoms with van der Waals surface area (Å²) in [5.74, 6) is 0.148. The van der Waals surface area contributed by atoms with E-state index in [-0.39, 0.29) is 11.7 Å². The summed E-state index contributed by atoms with van der Waals surface area (Å²) in [7, 11) is 1.29. The maximum atomic E-state index is 11.8. The standard InChI is InChI=1S/C14H17N3O3S/c1-20-14(19)11(16)6-7-21-9-13(18)17-12-5-3-2-4-10(12)8-15/h2-5,11H,6-7,9,16H2,1H3,(H,17,18). The Morgan fingerprint density at radius 2 is 2.19 bits per heavy atom. The Hall–Kier alpha value is -2.04. The summed E-state index contributed by atoms with van der Waals surface area (Å²) in [5.41, 5.74) is 6.50. The molecule has 0 aliphatic carbocycles. The molecule has 0 aliphatic rings. The molecule has 0 saturated carbocycles. The van der Waals surface area contributed by atoms with Crippen LogP contribution in [0.3, 0.4) is 0 Å². The number of methoxy groups -OCH3 is 1. The van der Waals surface area contributed by atoms with Crippen LogP contribution in [0.25, 0.3) is 0 Å². The summed E-state index contributed by atoms with van der Waals surface area (Å²) in [6, 6.07) is 8.14. The van der Waals surface area contributed by atoms with E-state index in [4.69, 9.17) is 11.0 Å². The van der Waals surface area contributed by atoms with Crippen LogP contribution in [-0.2, 0) is 14.3 Å². The van der Waals surface area contributed by atoms with Gasteiger partial charge in [-0.1, -0.05) is 12.1 Å². The highest BCUT2D eigenvalue weighted by Crippen LogP contribution is 2.14. The summed E-state index contributed by atoms with van der Waals surface area (Å²) in [6.45, 7) is 0. The number of nitrogens with two attached hydrogens (primary N) is 1. The van der Waals surface area contributed by atoms with Crippen LogP contribution in [0.2, 0.25) is 0 Å². The lowest BCUT2D eigenvalue weighted by Crippen LogP contribution is -2.32. The van der Waals surface area contributed by atoms with Gasteiger partial charge in [0.2, 0.25) is 5.91 Å². The molecule has 0 bridgehead atoms. The predicted molar refractivity (Wildman–Crippen MR) is 81.7 cm³/mol. The summed E-state index contributed by atoms with van der Waals surface area (Å²) in [6.07, 6.45) is 0.444. The molecule has 3 N–H and O–H groups in total. The van der Waals surface area contributed by atoms with Crippen LogP contribution in [-0.4, -0.2) is 36.5 Å². The minimum atomic E-state index is -0.662. The lowest BCUT2D eigenvalue weighted by molar-refractivity contribution is -0.142. The summed E-state index contributed by atoms with van der Waals surface area (Å²) in [5, 5.41) is 11.6. The van der Waals surface area contributed by atoms with Crippen molar-refractivity contribution in [3.05, 3.63) is 29.8 Å². The Morgan fingerprint density at radius 1 is 1.48 bits per heavy atom. The lowest BCUT2D eigenvalue weighted by Gasteiger charge is -2.09. The third-order valence-electron chi connectivity index (χ3n) is 2.63. The molecule has 21 heavy (non-hydrogen) atoms. The maximum absolute atomic E-state index is 11.8. The average Bonchev–Trinajstić information content (AvgIpc) is 2.51. The van der Waals surface area contributed by atoms with Gasteiger partial charge in [-0.25, -0.2) is 0 Å². The average molecular weight is 307 g/mol. The number of anilines is 1. The van der Waals surface area contributed by atoms with Crippen LogP contribution >= 0.6 is 11.8 Å². The summed E-state index contributed by atoms with van der Waals surface area (Å²) in [4.78, 5) is 22.8. The first-order chi connectivity index (χ1) is 10.1. The molecule has 0 aliphatic heterocycles. The highest BCUT2D eigenvalue weighted by molar-refractivity contribution is 7.99. The molecule has 1 aromatic rings. The molecular formula is C14H17N3O3S. The molecule has 6 nitrogen and oxygen atoms in total. The van der Waals surface area contributed by atoms with Gasteiger partial charge in [-0.15, -0.1) is 0 Å². The minimum absolute atomic E-state index is 0.200. The number of hydrogen-bond acceptors (Lipinski definition) is 6. The fourth-order valence-electron chi connectivity index (χ4n) is 1.52. The first-order valence-electron chi connectivity index (χ1n) is 6.28. The number of thioether (sulfide) groups is 1. The molecule has 1 atom stereocenters. The van der Waals surface area contributed by atoms with Gasteiger partial charge in [0.1, 0.15) is 12.1 Å². The van der Waals surface area contributed by atoms with E-state index in [1.807, 2.05) is 6.07 Å². The van der Waals surface area contributed by atoms with E-state index in [0.717, 1.165) is 0 Å². The highest BCUT2D eigenvalue weighted by Gasteiger charge is 2.13. The largest absolute Gasteiger partial charge is 0.468 e. The second kappa shape index (κ2) is 9.00. The Balaban J connectivity index is 2.32. The van der Waals surface area contributed by atoms with E-state index in [0.29, 0.717) is 23.4 Å². The number of hydrogen-bond donors (Lipinski definition) is 2. The number of para-hydroxylation sites is 1. The first kappa shape index (κ1) is 17.0. The fourth-order valence-corrected chi connectivity index (χ4v) is 2.34. The van der Waals surface area contributed by atoms with Crippen molar-refractivity contribution in [1.82, 2.24) is 0 Å². The van der Waals surface area contributed by atoms with Gasteiger partial charge in [0, 0.05) is 0 Å². The molecule has 0 spiro atoms. The topological polar surface area (TPSA) is 105 Å². The summed E-state index contributed by atoms with van der Waals surface area (Å²) < 4.78 is 4.51. The zero-order valence-corrected chi connectivity index (χ0v) is 12.5. The Morgan fingerprint density at radius 3 is 2.86 bits per heavy atom. The van der Waals surface area contributed by atoms with Crippen molar-refractivity contribution >= 4 is 29.3 Å². The van der Waals surface area contributed by atoms with Gasteiger partial charge < -0.3 is 15.8 Å². The molecule has 0 heterocycles. The van der Waals surface area contributed by atoms with Gasteiger partial charge in [-0.05, 0) is 24.3 Å². The second-order valence-electron chi connectivity index (χ2n) is 4.18. The number of rotatable bonds is 7. The number of amides is 1. The van der Waals surface area contributed by atoms with Crippen molar-refractivity contribution < 1.29 is 14.3 Å². The van der Waals surface area contributed by atoms with Crippen LogP contribution in [0, 0.1) is 11.3 Å². The molecule has 0 fully saturated rings. The fraction of sp³-hybridized carbons (Fsp3) is 0.357. The summed E-state index contributed by atoms with van der Waals surface area (Å²) >= 11 is 1.37.